The number of rotatable bonds is 5. The van der Waals surface area contributed by atoms with Gasteiger partial charge in [0.25, 0.3) is 5.56 Å². The van der Waals surface area contributed by atoms with E-state index in [-0.39, 0.29) is 21.4 Å². The summed E-state index contributed by atoms with van der Waals surface area (Å²) in [7, 11) is 2.65. The van der Waals surface area contributed by atoms with Crippen LogP contribution in [0.5, 0.6) is 5.88 Å². The highest BCUT2D eigenvalue weighted by atomic mass is 35.5. The van der Waals surface area contributed by atoms with E-state index < -0.39 is 23.0 Å². The zero-order valence-electron chi connectivity index (χ0n) is 18.8. The summed E-state index contributed by atoms with van der Waals surface area (Å²) in [4.78, 5) is 42.3. The van der Waals surface area contributed by atoms with Gasteiger partial charge >= 0.3 is 5.69 Å². The van der Waals surface area contributed by atoms with Crippen molar-refractivity contribution in [1.29, 1.82) is 0 Å². The number of hydrogen-bond donors (Lipinski definition) is 2. The van der Waals surface area contributed by atoms with Gasteiger partial charge in [0.15, 0.2) is 0 Å². The molecule has 0 radical (unpaired) electrons. The maximum atomic E-state index is 12.9. The zero-order chi connectivity index (χ0) is 25.2. The smallest absolute Gasteiger partial charge is 0.333 e. The number of nitrogens with one attached hydrogen (secondary N) is 1. The van der Waals surface area contributed by atoms with Crippen molar-refractivity contribution in [3.8, 4) is 5.88 Å². The number of anilines is 1. The minimum Gasteiger partial charge on any atom is -0.494 e. The first-order chi connectivity index (χ1) is 16.0. The topological polar surface area (TPSA) is 106 Å². The van der Waals surface area contributed by atoms with E-state index in [1.54, 1.807) is 24.3 Å². The van der Waals surface area contributed by atoms with E-state index in [2.05, 4.69) is 10.3 Å². The number of halogens is 2. The molecule has 0 spiro atoms. The Hall–Kier alpha value is -3.01. The maximum Gasteiger partial charge on any atom is 0.333 e. The van der Waals surface area contributed by atoms with Crippen molar-refractivity contribution in [1.82, 2.24) is 9.13 Å². The number of benzene rings is 2. The van der Waals surface area contributed by atoms with Crippen molar-refractivity contribution in [2.24, 2.45) is 19.1 Å². The normalized spacial score (nSPS) is 11.5. The number of carbonyl (C=O) groups is 1. The molecular formula is C23H22Cl2N4O4S. The van der Waals surface area contributed by atoms with Crippen LogP contribution in [0.2, 0.25) is 10.0 Å². The molecule has 0 aliphatic heterocycles. The van der Waals surface area contributed by atoms with Gasteiger partial charge in [-0.2, -0.15) is 0 Å². The van der Waals surface area contributed by atoms with Crippen molar-refractivity contribution in [2.45, 2.75) is 13.8 Å². The minimum atomic E-state index is -0.728. The van der Waals surface area contributed by atoms with E-state index in [4.69, 9.17) is 23.2 Å². The van der Waals surface area contributed by atoms with Crippen LogP contribution in [0, 0.1) is 13.8 Å². The van der Waals surface area contributed by atoms with Crippen molar-refractivity contribution in [3.63, 3.8) is 0 Å². The second-order valence-corrected chi connectivity index (χ2v) is 9.28. The number of aromatic nitrogens is 2. The van der Waals surface area contributed by atoms with Crippen LogP contribution in [0.25, 0.3) is 0 Å². The average Bonchev–Trinajstić information content (AvgIpc) is 2.80. The second-order valence-electron chi connectivity index (χ2n) is 7.53. The van der Waals surface area contributed by atoms with Crippen LogP contribution in [0.15, 0.2) is 51.0 Å². The molecule has 34 heavy (non-hydrogen) atoms. The van der Waals surface area contributed by atoms with E-state index >= 15 is 0 Å². The summed E-state index contributed by atoms with van der Waals surface area (Å²) in [5.74, 6) is -1.12. The minimum absolute atomic E-state index is 0.0873. The van der Waals surface area contributed by atoms with Crippen molar-refractivity contribution >= 4 is 57.3 Å². The molecule has 8 nitrogen and oxygen atoms in total. The van der Waals surface area contributed by atoms with Crippen molar-refractivity contribution in [2.75, 3.05) is 11.1 Å². The lowest BCUT2D eigenvalue weighted by Gasteiger charge is -2.13. The van der Waals surface area contributed by atoms with Crippen LogP contribution in [-0.4, -0.2) is 30.9 Å². The van der Waals surface area contributed by atoms with Gasteiger partial charge in [0, 0.05) is 14.1 Å². The Morgan fingerprint density at radius 3 is 2.47 bits per heavy atom. The van der Waals surface area contributed by atoms with Gasteiger partial charge in [-0.15, -0.1) is 0 Å². The molecule has 3 aromatic rings. The summed E-state index contributed by atoms with van der Waals surface area (Å²) in [6.07, 6.45) is 0. The Morgan fingerprint density at radius 2 is 1.79 bits per heavy atom. The molecule has 0 saturated carbocycles. The summed E-state index contributed by atoms with van der Waals surface area (Å²) in [5, 5.41) is 13.9. The molecule has 0 bridgehead atoms. The molecule has 3 rings (SSSR count). The van der Waals surface area contributed by atoms with Crippen LogP contribution >= 0.6 is 35.0 Å². The van der Waals surface area contributed by atoms with Crippen LogP contribution in [0.1, 0.15) is 16.7 Å². The van der Waals surface area contributed by atoms with Gasteiger partial charge in [0.2, 0.25) is 11.8 Å². The van der Waals surface area contributed by atoms with Gasteiger partial charge in [-0.3, -0.25) is 18.7 Å². The van der Waals surface area contributed by atoms with Gasteiger partial charge in [-0.25, -0.2) is 9.79 Å². The lowest BCUT2D eigenvalue weighted by Crippen LogP contribution is -2.39. The molecule has 0 aliphatic rings. The molecule has 178 valence electrons. The predicted molar refractivity (Wildman–Crippen MR) is 138 cm³/mol. The lowest BCUT2D eigenvalue weighted by molar-refractivity contribution is -0.113. The quantitative estimate of drug-likeness (QED) is 0.388. The predicted octanol–water partition coefficient (Wildman–Crippen LogP) is 4.16. The fourth-order valence-electron chi connectivity index (χ4n) is 3.01. The fourth-order valence-corrected chi connectivity index (χ4v) is 4.19. The first-order valence-electron chi connectivity index (χ1n) is 10.0. The summed E-state index contributed by atoms with van der Waals surface area (Å²) in [6, 6.07) is 10.3. The van der Waals surface area contributed by atoms with Gasteiger partial charge in [-0.1, -0.05) is 47.1 Å². The summed E-state index contributed by atoms with van der Waals surface area (Å²) in [5.41, 5.74) is 1.32. The molecular weight excluding hydrogens is 499 g/mol. The molecule has 11 heteroatoms. The molecule has 0 saturated heterocycles. The van der Waals surface area contributed by atoms with E-state index in [9.17, 15) is 19.5 Å². The molecule has 1 amide bonds. The Labute approximate surface area is 209 Å². The average molecular weight is 521 g/mol. The molecule has 2 aromatic carbocycles. The van der Waals surface area contributed by atoms with E-state index in [0.717, 1.165) is 32.0 Å². The molecule has 1 aromatic heterocycles. The van der Waals surface area contributed by atoms with Gasteiger partial charge < -0.3 is 10.4 Å². The summed E-state index contributed by atoms with van der Waals surface area (Å²) < 4.78 is 1.82. The number of aliphatic imine (C=N–C) groups is 1. The molecule has 0 atom stereocenters. The van der Waals surface area contributed by atoms with E-state index in [1.807, 2.05) is 26.0 Å². The van der Waals surface area contributed by atoms with E-state index in [0.29, 0.717) is 16.4 Å². The van der Waals surface area contributed by atoms with Gasteiger partial charge in [-0.05, 0) is 49.2 Å². The Bertz CT molecular complexity index is 1430. The number of aryl methyl sites for hydroxylation is 2. The zero-order valence-corrected chi connectivity index (χ0v) is 21.2. The number of carbonyl (C=O) groups excluding carboxylic acids is 1. The van der Waals surface area contributed by atoms with E-state index in [1.165, 1.54) is 14.1 Å². The van der Waals surface area contributed by atoms with Crippen LogP contribution in [0.4, 0.5) is 11.4 Å². The first-order valence-corrected chi connectivity index (χ1v) is 11.8. The standard InChI is InChI=1S/C23H22Cl2N4O4S/c1-12-8-9-14(10-13(12)2)26-20(18-21(31)28(3)23(33)29(4)22(18)32)34-11-17(30)27-16-7-5-6-15(24)19(16)25/h5-10,31H,11H2,1-4H3,(H,27,30). The van der Waals surface area contributed by atoms with Crippen LogP contribution < -0.4 is 16.6 Å². The highest BCUT2D eigenvalue weighted by molar-refractivity contribution is 8.15. The molecule has 0 fully saturated rings. The number of aromatic hydroxyl groups is 1. The summed E-state index contributed by atoms with van der Waals surface area (Å²) >= 11 is 13.1. The van der Waals surface area contributed by atoms with Crippen molar-refractivity contribution in [3.05, 3.63) is 84.0 Å². The highest BCUT2D eigenvalue weighted by Crippen LogP contribution is 2.30. The van der Waals surface area contributed by atoms with Crippen LogP contribution in [0.3, 0.4) is 0 Å². The number of hydrogen-bond acceptors (Lipinski definition) is 6. The first kappa shape index (κ1) is 25.6. The monoisotopic (exact) mass is 520 g/mol. The largest absolute Gasteiger partial charge is 0.494 e. The third kappa shape index (κ3) is 5.38. The number of amides is 1. The molecule has 1 heterocycles. The summed E-state index contributed by atoms with van der Waals surface area (Å²) in [6.45, 7) is 3.88. The highest BCUT2D eigenvalue weighted by Gasteiger charge is 2.22. The molecule has 2 N–H and O–H groups in total. The third-order valence-electron chi connectivity index (χ3n) is 5.13. The molecule has 0 unspecified atom stereocenters. The molecule has 0 aliphatic carbocycles. The Kier molecular flexibility index (Phi) is 7.91. The SMILES string of the molecule is Cc1ccc(N=C(SCC(=O)Nc2cccc(Cl)c2Cl)c2c(O)n(C)c(=O)n(C)c2=O)cc1C. The van der Waals surface area contributed by atoms with Crippen LogP contribution in [-0.2, 0) is 18.9 Å². The fraction of sp³-hybridized carbons (Fsp3) is 0.217. The van der Waals surface area contributed by atoms with Gasteiger partial charge in [0.05, 0.1) is 27.2 Å². The third-order valence-corrected chi connectivity index (χ3v) is 6.93. The maximum absolute atomic E-state index is 12.9. The second kappa shape index (κ2) is 10.5. The van der Waals surface area contributed by atoms with Gasteiger partial charge in [0.1, 0.15) is 10.6 Å². The lowest BCUT2D eigenvalue weighted by atomic mass is 10.1. The number of thioether (sulfide) groups is 1. The Morgan fingerprint density at radius 1 is 1.09 bits per heavy atom. The number of nitrogens with zero attached hydrogens (tertiary/aromatic N) is 3. The van der Waals surface area contributed by atoms with Crippen molar-refractivity contribution < 1.29 is 9.90 Å². The Balaban J connectivity index is 2.01.